The Bertz CT molecular complexity index is 911. The zero-order valence-corrected chi connectivity index (χ0v) is 16.3. The van der Waals surface area contributed by atoms with E-state index in [1.165, 1.54) is 16.4 Å². The lowest BCUT2D eigenvalue weighted by atomic mass is 10.2. The molecule has 0 radical (unpaired) electrons. The van der Waals surface area contributed by atoms with E-state index in [0.717, 1.165) is 11.6 Å². The van der Waals surface area contributed by atoms with E-state index in [9.17, 15) is 18.5 Å². The fourth-order valence-corrected chi connectivity index (χ4v) is 4.20. The van der Waals surface area contributed by atoms with E-state index in [1.807, 2.05) is 18.2 Å². The van der Waals surface area contributed by atoms with Gasteiger partial charge in [0.1, 0.15) is 11.4 Å². The molecule has 0 aromatic heterocycles. The zero-order valence-electron chi connectivity index (χ0n) is 15.5. The normalized spacial score (nSPS) is 11.4. The van der Waals surface area contributed by atoms with Gasteiger partial charge in [-0.25, -0.2) is 8.42 Å². The van der Waals surface area contributed by atoms with E-state index in [1.54, 1.807) is 27.0 Å². The Morgan fingerprint density at radius 1 is 1.15 bits per heavy atom. The lowest BCUT2D eigenvalue weighted by molar-refractivity contribution is -0.384. The molecule has 0 amide bonds. The Hall–Kier alpha value is -2.65. The quantitative estimate of drug-likeness (QED) is 0.518. The lowest BCUT2D eigenvalue weighted by Gasteiger charge is -2.18. The third-order valence-corrected chi connectivity index (χ3v) is 6.22. The number of methoxy groups -OCH3 is 1. The van der Waals surface area contributed by atoms with E-state index in [4.69, 9.17) is 4.74 Å². The van der Waals surface area contributed by atoms with Crippen LogP contribution in [0.1, 0.15) is 19.4 Å². The van der Waals surface area contributed by atoms with Gasteiger partial charge in [-0.1, -0.05) is 32.0 Å². The van der Waals surface area contributed by atoms with Crippen molar-refractivity contribution < 1.29 is 18.1 Å². The standard InChI is InChI=1S/C18H23N3O5S/c1-4-20(5-2)27(24,25)15-10-11-16(17(12-15)21(22)23)19-13-14-8-6-7-9-18(14)26-3/h6-12,19H,4-5,13H2,1-3H3. The van der Waals surface area contributed by atoms with Gasteiger partial charge in [-0.05, 0) is 18.2 Å². The summed E-state index contributed by atoms with van der Waals surface area (Å²) in [6, 6.07) is 11.2. The first-order valence-electron chi connectivity index (χ1n) is 8.49. The van der Waals surface area contributed by atoms with Crippen molar-refractivity contribution in [2.45, 2.75) is 25.3 Å². The van der Waals surface area contributed by atoms with Crippen LogP contribution in [-0.2, 0) is 16.6 Å². The van der Waals surface area contributed by atoms with Gasteiger partial charge < -0.3 is 10.1 Å². The first-order valence-corrected chi connectivity index (χ1v) is 9.93. The number of para-hydroxylation sites is 1. The van der Waals surface area contributed by atoms with Crippen LogP contribution in [0.5, 0.6) is 5.75 Å². The molecule has 0 bridgehead atoms. The van der Waals surface area contributed by atoms with Crippen molar-refractivity contribution in [1.29, 1.82) is 0 Å². The number of sulfonamides is 1. The van der Waals surface area contributed by atoms with Crippen LogP contribution in [0.3, 0.4) is 0 Å². The smallest absolute Gasteiger partial charge is 0.293 e. The highest BCUT2D eigenvalue weighted by atomic mass is 32.2. The first-order chi connectivity index (χ1) is 12.8. The van der Waals surface area contributed by atoms with Gasteiger partial charge in [-0.3, -0.25) is 10.1 Å². The van der Waals surface area contributed by atoms with Crippen LogP contribution in [0.4, 0.5) is 11.4 Å². The Morgan fingerprint density at radius 3 is 2.41 bits per heavy atom. The molecule has 2 aromatic rings. The number of hydrogen-bond acceptors (Lipinski definition) is 6. The third-order valence-electron chi connectivity index (χ3n) is 4.17. The van der Waals surface area contributed by atoms with Gasteiger partial charge >= 0.3 is 0 Å². The summed E-state index contributed by atoms with van der Waals surface area (Å²) in [6.07, 6.45) is 0. The number of anilines is 1. The predicted molar refractivity (Wildman–Crippen MR) is 104 cm³/mol. The summed E-state index contributed by atoms with van der Waals surface area (Å²) in [5.41, 5.74) is 0.775. The monoisotopic (exact) mass is 393 g/mol. The molecule has 146 valence electrons. The predicted octanol–water partition coefficient (Wildman–Crippen LogP) is 3.25. The summed E-state index contributed by atoms with van der Waals surface area (Å²) in [7, 11) is -2.22. The van der Waals surface area contributed by atoms with Crippen molar-refractivity contribution in [1.82, 2.24) is 4.31 Å². The van der Waals surface area contributed by atoms with Crippen molar-refractivity contribution in [3.05, 3.63) is 58.1 Å². The minimum absolute atomic E-state index is 0.0965. The van der Waals surface area contributed by atoms with Crippen molar-refractivity contribution in [3.63, 3.8) is 0 Å². The van der Waals surface area contributed by atoms with Crippen LogP contribution in [0.15, 0.2) is 47.4 Å². The van der Waals surface area contributed by atoms with E-state index < -0.39 is 14.9 Å². The van der Waals surface area contributed by atoms with Crippen LogP contribution >= 0.6 is 0 Å². The maximum atomic E-state index is 12.6. The molecule has 0 saturated carbocycles. The topological polar surface area (TPSA) is 102 Å². The lowest BCUT2D eigenvalue weighted by Crippen LogP contribution is -2.30. The van der Waals surface area contributed by atoms with Gasteiger partial charge in [0.05, 0.1) is 16.9 Å². The molecule has 1 N–H and O–H groups in total. The third kappa shape index (κ3) is 4.55. The number of nitrogens with one attached hydrogen (secondary N) is 1. The molecule has 0 heterocycles. The summed E-state index contributed by atoms with van der Waals surface area (Å²) in [5.74, 6) is 0.661. The van der Waals surface area contributed by atoms with Crippen LogP contribution in [0, 0.1) is 10.1 Å². The second-order valence-electron chi connectivity index (χ2n) is 5.69. The van der Waals surface area contributed by atoms with Crippen LogP contribution < -0.4 is 10.1 Å². The SMILES string of the molecule is CCN(CC)S(=O)(=O)c1ccc(NCc2ccccc2OC)c([N+](=O)[O-])c1. The van der Waals surface area contributed by atoms with E-state index in [2.05, 4.69) is 5.32 Å². The number of ether oxygens (including phenoxy) is 1. The van der Waals surface area contributed by atoms with Crippen molar-refractivity contribution in [3.8, 4) is 5.75 Å². The molecule has 0 saturated heterocycles. The second kappa shape index (κ2) is 8.83. The van der Waals surface area contributed by atoms with Crippen LogP contribution in [-0.4, -0.2) is 37.8 Å². The summed E-state index contributed by atoms with van der Waals surface area (Å²) in [6.45, 7) is 4.32. The number of rotatable bonds is 9. The van der Waals surface area contributed by atoms with E-state index in [0.29, 0.717) is 25.4 Å². The number of nitro groups is 1. The molecule has 0 unspecified atom stereocenters. The molecule has 0 aliphatic heterocycles. The van der Waals surface area contributed by atoms with Gasteiger partial charge in [0.25, 0.3) is 5.69 Å². The largest absolute Gasteiger partial charge is 0.496 e. The van der Waals surface area contributed by atoms with Gasteiger partial charge in [0, 0.05) is 31.3 Å². The van der Waals surface area contributed by atoms with Crippen LogP contribution in [0.25, 0.3) is 0 Å². The van der Waals surface area contributed by atoms with Crippen molar-refractivity contribution >= 4 is 21.4 Å². The molecule has 0 fully saturated rings. The maximum absolute atomic E-state index is 12.6. The van der Waals surface area contributed by atoms with E-state index in [-0.39, 0.29) is 16.3 Å². The molecular weight excluding hydrogens is 370 g/mol. The molecule has 0 aliphatic carbocycles. The van der Waals surface area contributed by atoms with Crippen molar-refractivity contribution in [2.24, 2.45) is 0 Å². The number of hydrogen-bond donors (Lipinski definition) is 1. The molecule has 9 heteroatoms. The number of nitrogens with zero attached hydrogens (tertiary/aromatic N) is 2. The average Bonchev–Trinajstić information content (AvgIpc) is 2.67. The minimum Gasteiger partial charge on any atom is -0.496 e. The van der Waals surface area contributed by atoms with Gasteiger partial charge in [0.15, 0.2) is 0 Å². The summed E-state index contributed by atoms with van der Waals surface area (Å²) in [5, 5.41) is 14.5. The minimum atomic E-state index is -3.77. The first kappa shape index (κ1) is 20.7. The maximum Gasteiger partial charge on any atom is 0.293 e. The molecule has 2 rings (SSSR count). The zero-order chi connectivity index (χ0) is 20.0. The van der Waals surface area contributed by atoms with Crippen LogP contribution in [0.2, 0.25) is 0 Å². The van der Waals surface area contributed by atoms with Gasteiger partial charge in [-0.2, -0.15) is 4.31 Å². The molecule has 0 atom stereocenters. The number of benzene rings is 2. The highest BCUT2D eigenvalue weighted by Crippen LogP contribution is 2.30. The number of nitro benzene ring substituents is 1. The van der Waals surface area contributed by atoms with Crippen molar-refractivity contribution in [2.75, 3.05) is 25.5 Å². The Morgan fingerprint density at radius 2 is 1.81 bits per heavy atom. The molecule has 27 heavy (non-hydrogen) atoms. The second-order valence-corrected chi connectivity index (χ2v) is 7.63. The fourth-order valence-electron chi connectivity index (χ4n) is 2.72. The Kier molecular flexibility index (Phi) is 6.75. The molecule has 0 aliphatic rings. The summed E-state index contributed by atoms with van der Waals surface area (Å²) >= 11 is 0. The Balaban J connectivity index is 2.35. The summed E-state index contributed by atoms with van der Waals surface area (Å²) in [4.78, 5) is 10.8. The summed E-state index contributed by atoms with van der Waals surface area (Å²) < 4.78 is 31.7. The van der Waals surface area contributed by atoms with E-state index >= 15 is 0 Å². The molecular formula is C18H23N3O5S. The van der Waals surface area contributed by atoms with Gasteiger partial charge in [0.2, 0.25) is 10.0 Å². The van der Waals surface area contributed by atoms with Gasteiger partial charge in [-0.15, -0.1) is 0 Å². The highest BCUT2D eigenvalue weighted by Gasteiger charge is 2.25. The average molecular weight is 393 g/mol. The molecule has 2 aromatic carbocycles. The fraction of sp³-hybridized carbons (Fsp3) is 0.333. The Labute approximate surface area is 159 Å². The molecule has 8 nitrogen and oxygen atoms in total. The highest BCUT2D eigenvalue weighted by molar-refractivity contribution is 7.89. The molecule has 0 spiro atoms.